The summed E-state index contributed by atoms with van der Waals surface area (Å²) in [6.45, 7) is 2.29. The Labute approximate surface area is 104 Å². The van der Waals surface area contributed by atoms with Gasteiger partial charge >= 0.3 is 0 Å². The van der Waals surface area contributed by atoms with E-state index in [1.54, 1.807) is 11.8 Å². The van der Waals surface area contributed by atoms with Crippen LogP contribution < -0.4 is 5.48 Å². The summed E-state index contributed by atoms with van der Waals surface area (Å²) in [6.07, 6.45) is 0.413. The average molecular weight is 260 g/mol. The zero-order valence-corrected chi connectivity index (χ0v) is 10.6. The van der Waals surface area contributed by atoms with Gasteiger partial charge in [0.25, 0.3) is 0 Å². The number of benzene rings is 1. The number of hydroxylamine groups is 1. The van der Waals surface area contributed by atoms with E-state index in [1.807, 2.05) is 31.2 Å². The highest BCUT2D eigenvalue weighted by atomic mass is 35.5. The minimum Gasteiger partial charge on any atom is -0.274 e. The van der Waals surface area contributed by atoms with Crippen LogP contribution in [0.15, 0.2) is 29.2 Å². The first-order valence-corrected chi connectivity index (χ1v) is 6.38. The molecule has 1 rings (SSSR count). The van der Waals surface area contributed by atoms with E-state index in [9.17, 15) is 4.79 Å². The van der Waals surface area contributed by atoms with E-state index in [0.717, 1.165) is 9.92 Å². The highest BCUT2D eigenvalue weighted by Gasteiger charge is 2.03. The van der Waals surface area contributed by atoms with Crippen molar-refractivity contribution in [1.82, 2.24) is 5.48 Å². The minimum atomic E-state index is -0.110. The van der Waals surface area contributed by atoms with Crippen LogP contribution in [-0.2, 0) is 9.63 Å². The number of hydrogen-bond acceptors (Lipinski definition) is 3. The lowest BCUT2D eigenvalue weighted by atomic mass is 10.4. The molecule has 5 heteroatoms. The Bertz CT molecular complexity index is 347. The lowest BCUT2D eigenvalue weighted by Crippen LogP contribution is -2.23. The van der Waals surface area contributed by atoms with E-state index in [2.05, 4.69) is 5.48 Å². The monoisotopic (exact) mass is 259 g/mol. The third kappa shape index (κ3) is 4.88. The SMILES string of the molecule is CCONC(=O)CCSc1ccccc1Cl. The predicted molar refractivity (Wildman–Crippen MR) is 66.6 cm³/mol. The van der Waals surface area contributed by atoms with E-state index in [4.69, 9.17) is 16.4 Å². The van der Waals surface area contributed by atoms with Gasteiger partial charge in [0.2, 0.25) is 5.91 Å². The fourth-order valence-electron chi connectivity index (χ4n) is 1.02. The fourth-order valence-corrected chi connectivity index (χ4v) is 2.21. The molecular weight excluding hydrogens is 246 g/mol. The van der Waals surface area contributed by atoms with Gasteiger partial charge < -0.3 is 0 Å². The number of thioether (sulfide) groups is 1. The molecular formula is C11H14ClNO2S. The van der Waals surface area contributed by atoms with Crippen LogP contribution in [0.3, 0.4) is 0 Å². The zero-order chi connectivity index (χ0) is 11.8. The molecule has 0 aromatic heterocycles. The van der Waals surface area contributed by atoms with Gasteiger partial charge in [0.15, 0.2) is 0 Å². The summed E-state index contributed by atoms with van der Waals surface area (Å²) in [7, 11) is 0. The van der Waals surface area contributed by atoms with Crippen molar-refractivity contribution in [2.75, 3.05) is 12.4 Å². The Balaban J connectivity index is 2.25. The van der Waals surface area contributed by atoms with Crippen LogP contribution in [0.5, 0.6) is 0 Å². The van der Waals surface area contributed by atoms with Crippen LogP contribution >= 0.6 is 23.4 Å². The standard InChI is InChI=1S/C11H14ClNO2S/c1-2-15-13-11(14)7-8-16-10-6-4-3-5-9(10)12/h3-6H,2,7-8H2,1H3,(H,13,14). The van der Waals surface area contributed by atoms with Crippen molar-refractivity contribution in [1.29, 1.82) is 0 Å². The Morgan fingerprint density at radius 2 is 2.25 bits per heavy atom. The molecule has 1 amide bonds. The highest BCUT2D eigenvalue weighted by Crippen LogP contribution is 2.26. The molecule has 88 valence electrons. The van der Waals surface area contributed by atoms with Gasteiger partial charge in [-0.2, -0.15) is 0 Å². The van der Waals surface area contributed by atoms with Gasteiger partial charge in [-0.3, -0.25) is 9.63 Å². The van der Waals surface area contributed by atoms with Gasteiger partial charge in [0.05, 0.1) is 11.6 Å². The Kier molecular flexibility index (Phi) is 6.30. The molecule has 1 aromatic carbocycles. The molecule has 3 nitrogen and oxygen atoms in total. The van der Waals surface area contributed by atoms with Crippen LogP contribution in [0.2, 0.25) is 5.02 Å². The van der Waals surface area contributed by atoms with Crippen LogP contribution in [-0.4, -0.2) is 18.3 Å². The average Bonchev–Trinajstić information content (AvgIpc) is 2.29. The number of rotatable bonds is 6. The van der Waals surface area contributed by atoms with Crippen LogP contribution in [0.4, 0.5) is 0 Å². The lowest BCUT2D eigenvalue weighted by Gasteiger charge is -2.04. The summed E-state index contributed by atoms with van der Waals surface area (Å²) >= 11 is 7.54. The van der Waals surface area contributed by atoms with Crippen molar-refractivity contribution in [3.63, 3.8) is 0 Å². The summed E-state index contributed by atoms with van der Waals surface area (Å²) in [6, 6.07) is 7.58. The van der Waals surface area contributed by atoms with Gasteiger partial charge in [-0.1, -0.05) is 23.7 Å². The van der Waals surface area contributed by atoms with Gasteiger partial charge in [-0.25, -0.2) is 5.48 Å². The van der Waals surface area contributed by atoms with E-state index < -0.39 is 0 Å². The van der Waals surface area contributed by atoms with Crippen molar-refractivity contribution in [2.45, 2.75) is 18.2 Å². The van der Waals surface area contributed by atoms with Gasteiger partial charge in [0, 0.05) is 17.1 Å². The molecule has 0 aliphatic rings. The first-order valence-electron chi connectivity index (χ1n) is 5.02. The first kappa shape index (κ1) is 13.4. The maximum Gasteiger partial charge on any atom is 0.244 e. The van der Waals surface area contributed by atoms with Crippen LogP contribution in [0.25, 0.3) is 0 Å². The van der Waals surface area contributed by atoms with Gasteiger partial charge in [-0.05, 0) is 19.1 Å². The minimum absolute atomic E-state index is 0.110. The summed E-state index contributed by atoms with van der Waals surface area (Å²) in [5.41, 5.74) is 2.35. The normalized spacial score (nSPS) is 10.1. The van der Waals surface area contributed by atoms with Crippen molar-refractivity contribution < 1.29 is 9.63 Å². The smallest absolute Gasteiger partial charge is 0.244 e. The third-order valence-corrected chi connectivity index (χ3v) is 3.27. The maximum absolute atomic E-state index is 11.2. The van der Waals surface area contributed by atoms with Crippen molar-refractivity contribution in [3.05, 3.63) is 29.3 Å². The number of amides is 1. The highest BCUT2D eigenvalue weighted by molar-refractivity contribution is 7.99. The van der Waals surface area contributed by atoms with E-state index in [0.29, 0.717) is 18.8 Å². The maximum atomic E-state index is 11.2. The molecule has 0 radical (unpaired) electrons. The topological polar surface area (TPSA) is 38.3 Å². The number of carbonyl (C=O) groups excluding carboxylic acids is 1. The largest absolute Gasteiger partial charge is 0.274 e. The third-order valence-electron chi connectivity index (χ3n) is 1.75. The lowest BCUT2D eigenvalue weighted by molar-refractivity contribution is -0.132. The molecule has 0 aliphatic heterocycles. The molecule has 16 heavy (non-hydrogen) atoms. The second kappa shape index (κ2) is 7.54. The van der Waals surface area contributed by atoms with Crippen molar-refractivity contribution >= 4 is 29.3 Å². The van der Waals surface area contributed by atoms with Crippen molar-refractivity contribution in [3.8, 4) is 0 Å². The second-order valence-corrected chi connectivity index (χ2v) is 4.53. The Hall–Kier alpha value is -0.710. The molecule has 0 atom stereocenters. The molecule has 1 N–H and O–H groups in total. The molecule has 0 saturated carbocycles. The number of hydrogen-bond donors (Lipinski definition) is 1. The second-order valence-electron chi connectivity index (χ2n) is 2.99. The molecule has 0 fully saturated rings. The van der Waals surface area contributed by atoms with Crippen molar-refractivity contribution in [2.24, 2.45) is 0 Å². The number of carbonyl (C=O) groups is 1. The number of halogens is 1. The molecule has 0 unspecified atom stereocenters. The van der Waals surface area contributed by atoms with Gasteiger partial charge in [0.1, 0.15) is 0 Å². The molecule has 0 bridgehead atoms. The summed E-state index contributed by atoms with van der Waals surface area (Å²) in [4.78, 5) is 17.0. The number of nitrogens with one attached hydrogen (secondary N) is 1. The molecule has 1 aromatic rings. The fraction of sp³-hybridized carbons (Fsp3) is 0.364. The molecule has 0 spiro atoms. The summed E-state index contributed by atoms with van der Waals surface area (Å²) in [5.74, 6) is 0.573. The summed E-state index contributed by atoms with van der Waals surface area (Å²) in [5, 5.41) is 0.720. The summed E-state index contributed by atoms with van der Waals surface area (Å²) < 4.78 is 0. The van der Waals surface area contributed by atoms with Gasteiger partial charge in [-0.15, -0.1) is 11.8 Å². The van der Waals surface area contributed by atoms with E-state index in [1.165, 1.54) is 0 Å². The van der Waals surface area contributed by atoms with E-state index >= 15 is 0 Å². The predicted octanol–water partition coefficient (Wildman–Crippen LogP) is 2.89. The quantitative estimate of drug-likeness (QED) is 0.631. The zero-order valence-electron chi connectivity index (χ0n) is 9.03. The van der Waals surface area contributed by atoms with Crippen LogP contribution in [0, 0.1) is 0 Å². The molecule has 0 aliphatic carbocycles. The molecule has 0 heterocycles. The Morgan fingerprint density at radius 1 is 1.50 bits per heavy atom. The first-order chi connectivity index (χ1) is 7.74. The van der Waals surface area contributed by atoms with E-state index in [-0.39, 0.29) is 5.91 Å². The van der Waals surface area contributed by atoms with Crippen LogP contribution in [0.1, 0.15) is 13.3 Å². The Morgan fingerprint density at radius 3 is 2.94 bits per heavy atom. The molecule has 0 saturated heterocycles.